The predicted octanol–water partition coefficient (Wildman–Crippen LogP) is 4.74. The lowest BCUT2D eigenvalue weighted by Gasteiger charge is -2.26. The second-order valence-corrected chi connectivity index (χ2v) is 8.18. The van der Waals surface area contributed by atoms with Gasteiger partial charge in [-0.15, -0.1) is 0 Å². The van der Waals surface area contributed by atoms with E-state index in [1.807, 2.05) is 43.4 Å². The monoisotopic (exact) mass is 442 g/mol. The van der Waals surface area contributed by atoms with E-state index >= 15 is 0 Å². The van der Waals surface area contributed by atoms with Gasteiger partial charge in [0.2, 0.25) is 5.91 Å². The third-order valence-corrected chi connectivity index (χ3v) is 5.86. The fourth-order valence-corrected chi connectivity index (χ4v) is 4.03. The van der Waals surface area contributed by atoms with Gasteiger partial charge in [-0.1, -0.05) is 30.3 Å². The lowest BCUT2D eigenvalue weighted by Crippen LogP contribution is -2.42. The second kappa shape index (κ2) is 10.8. The maximum absolute atomic E-state index is 13.3. The number of carbonyl (C=O) groups excluding carboxylic acids is 1. The number of amides is 1. The van der Waals surface area contributed by atoms with Crippen molar-refractivity contribution in [3.8, 4) is 0 Å². The van der Waals surface area contributed by atoms with Crippen LogP contribution in [0, 0.1) is 0 Å². The summed E-state index contributed by atoms with van der Waals surface area (Å²) in [5.74, 6) is 0.0521. The van der Waals surface area contributed by atoms with E-state index in [9.17, 15) is 4.79 Å². The molecule has 1 atom stereocenters. The number of carbonyl (C=O) groups is 1. The highest BCUT2D eigenvalue weighted by Crippen LogP contribution is 2.31. The first kappa shape index (κ1) is 22.6. The molecule has 3 aromatic rings. The van der Waals surface area contributed by atoms with Crippen molar-refractivity contribution in [3.63, 3.8) is 0 Å². The molecule has 1 aliphatic carbocycles. The van der Waals surface area contributed by atoms with Crippen LogP contribution in [-0.2, 0) is 16.0 Å². The molecular weight excluding hydrogens is 412 g/mol. The number of nitrogens with one attached hydrogen (secondary N) is 2. The van der Waals surface area contributed by atoms with Crippen LogP contribution < -0.4 is 10.6 Å². The highest BCUT2D eigenvalue weighted by atomic mass is 16.5. The third-order valence-electron chi connectivity index (χ3n) is 5.86. The molecule has 2 aromatic carbocycles. The number of fused-ring (bicyclic) bond motifs is 1. The second-order valence-electron chi connectivity index (χ2n) is 8.18. The van der Waals surface area contributed by atoms with Crippen LogP contribution in [0.15, 0.2) is 79.1 Å². The highest BCUT2D eigenvalue weighted by molar-refractivity contribution is 5.88. The van der Waals surface area contributed by atoms with E-state index in [0.717, 1.165) is 23.5 Å². The largest absolute Gasteiger partial charge is 0.383 e. The number of allylic oxidation sites excluding steroid dienone is 1. The van der Waals surface area contributed by atoms with Gasteiger partial charge in [-0.2, -0.15) is 0 Å². The molecule has 1 aliphatic rings. The Kier molecular flexibility index (Phi) is 7.37. The van der Waals surface area contributed by atoms with Gasteiger partial charge in [0.25, 0.3) is 0 Å². The summed E-state index contributed by atoms with van der Waals surface area (Å²) in [6, 6.07) is 19.9. The smallest absolute Gasteiger partial charge is 0.245 e. The molecule has 1 heterocycles. The maximum Gasteiger partial charge on any atom is 0.245 e. The van der Waals surface area contributed by atoms with Crippen molar-refractivity contribution in [1.82, 2.24) is 9.88 Å². The Morgan fingerprint density at radius 3 is 2.48 bits per heavy atom. The third kappa shape index (κ3) is 5.79. The van der Waals surface area contributed by atoms with Gasteiger partial charge in [0, 0.05) is 56.6 Å². The van der Waals surface area contributed by atoms with Gasteiger partial charge in [0.05, 0.1) is 6.61 Å². The Bertz CT molecular complexity index is 1100. The number of likely N-dealkylation sites (N-methyl/N-ethyl adjacent to an activating group) is 1. The zero-order valence-corrected chi connectivity index (χ0v) is 19.1. The summed E-state index contributed by atoms with van der Waals surface area (Å²) in [5.41, 5.74) is 6.63. The molecule has 33 heavy (non-hydrogen) atoms. The minimum absolute atomic E-state index is 0.0521. The number of hydrogen-bond acceptors (Lipinski definition) is 5. The van der Waals surface area contributed by atoms with E-state index in [1.165, 1.54) is 16.7 Å². The molecular formula is C27H30N4O2. The van der Waals surface area contributed by atoms with Crippen molar-refractivity contribution in [1.29, 1.82) is 0 Å². The summed E-state index contributed by atoms with van der Waals surface area (Å²) in [6.45, 7) is 1.06. The molecule has 6 heteroatoms. The van der Waals surface area contributed by atoms with Gasteiger partial charge in [-0.3, -0.25) is 9.78 Å². The van der Waals surface area contributed by atoms with Crippen LogP contribution in [0.2, 0.25) is 0 Å². The Hall–Kier alpha value is -3.64. The van der Waals surface area contributed by atoms with Crippen LogP contribution >= 0.6 is 0 Å². The van der Waals surface area contributed by atoms with Gasteiger partial charge >= 0.3 is 0 Å². The topological polar surface area (TPSA) is 66.5 Å². The summed E-state index contributed by atoms with van der Waals surface area (Å²) < 4.78 is 5.17. The molecule has 0 saturated heterocycles. The fourth-order valence-electron chi connectivity index (χ4n) is 4.03. The molecule has 0 bridgehead atoms. The van der Waals surface area contributed by atoms with Gasteiger partial charge < -0.3 is 20.3 Å². The summed E-state index contributed by atoms with van der Waals surface area (Å²) >= 11 is 0. The van der Waals surface area contributed by atoms with Gasteiger partial charge in [0.1, 0.15) is 6.04 Å². The molecule has 1 unspecified atom stereocenters. The van der Waals surface area contributed by atoms with Gasteiger partial charge in [0.15, 0.2) is 0 Å². The molecule has 6 nitrogen and oxygen atoms in total. The van der Waals surface area contributed by atoms with Crippen LogP contribution in [0.5, 0.6) is 0 Å². The van der Waals surface area contributed by atoms with E-state index in [2.05, 4.69) is 46.0 Å². The number of pyridine rings is 1. The number of nitrogens with zero attached hydrogens (tertiary/aromatic N) is 2. The molecule has 0 spiro atoms. The van der Waals surface area contributed by atoms with Crippen molar-refractivity contribution < 1.29 is 9.53 Å². The number of anilines is 3. The zero-order valence-electron chi connectivity index (χ0n) is 19.1. The van der Waals surface area contributed by atoms with E-state index in [4.69, 9.17) is 4.74 Å². The van der Waals surface area contributed by atoms with E-state index in [0.29, 0.717) is 19.6 Å². The van der Waals surface area contributed by atoms with Crippen LogP contribution in [0.4, 0.5) is 17.1 Å². The van der Waals surface area contributed by atoms with E-state index in [1.54, 1.807) is 24.4 Å². The first-order valence-corrected chi connectivity index (χ1v) is 11.2. The SMILES string of the molecule is COCCN(C)C(=O)C(CC1=CCc2ccccc21)Nc1ccc(Nc2ccncc2)cc1. The molecule has 0 saturated carbocycles. The van der Waals surface area contributed by atoms with Crippen LogP contribution in [0.1, 0.15) is 17.5 Å². The van der Waals surface area contributed by atoms with Crippen molar-refractivity contribution in [3.05, 3.63) is 90.3 Å². The Morgan fingerprint density at radius 2 is 1.73 bits per heavy atom. The van der Waals surface area contributed by atoms with Crippen LogP contribution in [0.25, 0.3) is 5.57 Å². The summed E-state index contributed by atoms with van der Waals surface area (Å²) in [7, 11) is 3.48. The van der Waals surface area contributed by atoms with Gasteiger partial charge in [-0.25, -0.2) is 0 Å². The standard InChI is InChI=1S/C27H30N4O2/c1-31(17-18-33-2)27(32)26(19-21-8-7-20-5-3-4-6-25(20)21)30-23-11-9-22(10-12-23)29-24-13-15-28-16-14-24/h3-6,8-16,26,30H,7,17-19H2,1-2H3,(H,28,29). The number of benzene rings is 2. The Labute approximate surface area is 195 Å². The first-order valence-electron chi connectivity index (χ1n) is 11.2. The van der Waals surface area contributed by atoms with Crippen molar-refractivity contribution in [2.75, 3.05) is 37.9 Å². The quantitative estimate of drug-likeness (QED) is 0.475. The summed E-state index contributed by atoms with van der Waals surface area (Å²) in [4.78, 5) is 19.1. The maximum atomic E-state index is 13.3. The summed E-state index contributed by atoms with van der Waals surface area (Å²) in [5, 5.41) is 6.83. The summed E-state index contributed by atoms with van der Waals surface area (Å²) in [6.07, 6.45) is 7.30. The molecule has 2 N–H and O–H groups in total. The molecule has 1 aromatic heterocycles. The molecule has 0 fully saturated rings. The first-order chi connectivity index (χ1) is 16.1. The Morgan fingerprint density at radius 1 is 1.03 bits per heavy atom. The minimum atomic E-state index is -0.372. The van der Waals surface area contributed by atoms with Crippen molar-refractivity contribution in [2.45, 2.75) is 18.9 Å². The average molecular weight is 443 g/mol. The number of hydrogen-bond donors (Lipinski definition) is 2. The minimum Gasteiger partial charge on any atom is -0.383 e. The van der Waals surface area contributed by atoms with Crippen molar-refractivity contribution in [2.24, 2.45) is 0 Å². The zero-order chi connectivity index (χ0) is 23.0. The highest BCUT2D eigenvalue weighted by Gasteiger charge is 2.25. The predicted molar refractivity (Wildman–Crippen MR) is 134 cm³/mol. The van der Waals surface area contributed by atoms with Crippen LogP contribution in [-0.4, -0.2) is 49.1 Å². The molecule has 0 radical (unpaired) electrons. The normalized spacial score (nSPS) is 13.1. The van der Waals surface area contributed by atoms with Gasteiger partial charge in [-0.05, 0) is 59.5 Å². The number of methoxy groups -OCH3 is 1. The van der Waals surface area contributed by atoms with E-state index in [-0.39, 0.29) is 11.9 Å². The number of ether oxygens (including phenoxy) is 1. The van der Waals surface area contributed by atoms with E-state index < -0.39 is 0 Å². The Balaban J connectivity index is 1.49. The van der Waals surface area contributed by atoms with Crippen LogP contribution in [0.3, 0.4) is 0 Å². The molecule has 0 aliphatic heterocycles. The lowest BCUT2D eigenvalue weighted by atomic mass is 9.98. The number of aromatic nitrogens is 1. The van der Waals surface area contributed by atoms with Crippen molar-refractivity contribution >= 4 is 28.5 Å². The number of rotatable bonds is 10. The average Bonchev–Trinajstić information content (AvgIpc) is 3.26. The fraction of sp³-hybridized carbons (Fsp3) is 0.259. The lowest BCUT2D eigenvalue weighted by molar-refractivity contribution is -0.131. The molecule has 4 rings (SSSR count). The molecule has 1 amide bonds. The molecule has 170 valence electrons.